The molecule has 29 heavy (non-hydrogen) atoms. The fraction of sp³-hybridized carbons (Fsp3) is 0.455. The Kier molecular flexibility index (Phi) is 6.44. The molecular weight excluding hydrogens is 394 g/mol. The Morgan fingerprint density at radius 3 is 2.24 bits per heavy atom. The predicted octanol–water partition coefficient (Wildman–Crippen LogP) is 7.01. The number of ether oxygens (including phenoxy) is 1. The van der Waals surface area contributed by atoms with E-state index in [1.165, 1.54) is 12.1 Å². The molecule has 0 amide bonds. The molecule has 0 aromatic heterocycles. The number of hydrogen-bond acceptors (Lipinski definition) is 1. The first-order chi connectivity index (χ1) is 13.7. The molecular formula is C22H22F6O. The molecule has 0 heterocycles. The minimum atomic E-state index is -4.99. The van der Waals surface area contributed by atoms with Gasteiger partial charge >= 0.3 is 6.36 Å². The van der Waals surface area contributed by atoms with Gasteiger partial charge in [0.05, 0.1) is 0 Å². The second kappa shape index (κ2) is 8.67. The predicted molar refractivity (Wildman–Crippen MR) is 97.4 cm³/mol. The van der Waals surface area contributed by atoms with Crippen molar-refractivity contribution < 1.29 is 31.1 Å². The lowest BCUT2D eigenvalue weighted by molar-refractivity contribution is -0.275. The number of fused-ring (bicyclic) bond motifs is 1. The third-order valence-electron chi connectivity index (χ3n) is 5.32. The Labute approximate surface area is 165 Å². The topological polar surface area (TPSA) is 9.23 Å². The lowest BCUT2D eigenvalue weighted by Gasteiger charge is -2.26. The third kappa shape index (κ3) is 5.25. The van der Waals surface area contributed by atoms with Crippen molar-refractivity contribution in [1.82, 2.24) is 0 Å². The molecule has 0 fully saturated rings. The van der Waals surface area contributed by atoms with Crippen LogP contribution in [0.1, 0.15) is 60.8 Å². The highest BCUT2D eigenvalue weighted by molar-refractivity contribution is 5.41. The zero-order valence-corrected chi connectivity index (χ0v) is 16.0. The summed E-state index contributed by atoms with van der Waals surface area (Å²) in [6.07, 6.45) is -0.750. The SMILES string of the molecule is CCCCCc1cc(F)c(C2CCc3cc(OC(F)(F)F)c(F)cc3C2)c(F)c1. The summed E-state index contributed by atoms with van der Waals surface area (Å²) in [5.74, 6) is -3.77. The van der Waals surface area contributed by atoms with Crippen LogP contribution in [0.5, 0.6) is 5.75 Å². The molecule has 1 atom stereocenters. The van der Waals surface area contributed by atoms with Crippen LogP contribution in [-0.2, 0) is 19.3 Å². The fourth-order valence-electron chi connectivity index (χ4n) is 3.96. The molecule has 3 rings (SSSR count). The van der Waals surface area contributed by atoms with Crippen LogP contribution < -0.4 is 4.74 Å². The van der Waals surface area contributed by atoms with Gasteiger partial charge in [0.2, 0.25) is 0 Å². The second-order valence-electron chi connectivity index (χ2n) is 7.47. The molecule has 158 valence electrons. The molecule has 0 radical (unpaired) electrons. The van der Waals surface area contributed by atoms with Gasteiger partial charge in [0, 0.05) is 5.56 Å². The average molecular weight is 416 g/mol. The molecule has 0 aliphatic heterocycles. The molecule has 7 heteroatoms. The first kappa shape index (κ1) is 21.5. The number of hydrogen-bond donors (Lipinski definition) is 0. The van der Waals surface area contributed by atoms with E-state index in [0.717, 1.165) is 31.4 Å². The van der Waals surface area contributed by atoms with E-state index in [9.17, 15) is 26.3 Å². The Morgan fingerprint density at radius 2 is 1.62 bits per heavy atom. The maximum absolute atomic E-state index is 14.7. The molecule has 0 spiro atoms. The number of unbranched alkanes of at least 4 members (excludes halogenated alkanes) is 2. The van der Waals surface area contributed by atoms with Crippen LogP contribution in [0.15, 0.2) is 24.3 Å². The van der Waals surface area contributed by atoms with Crippen molar-refractivity contribution >= 4 is 0 Å². The maximum atomic E-state index is 14.7. The Hall–Kier alpha value is -2.18. The standard InChI is InChI=1S/C22H22F6O/c1-2-3-4-5-13-8-18(24)21(19(25)9-13)15-7-6-14-12-20(29-22(26,27)28)17(23)11-16(14)10-15/h8-9,11-12,15H,2-7,10H2,1H3. The van der Waals surface area contributed by atoms with Gasteiger partial charge in [0.1, 0.15) is 11.6 Å². The molecule has 0 saturated carbocycles. The minimum absolute atomic E-state index is 0.0362. The van der Waals surface area contributed by atoms with E-state index in [0.29, 0.717) is 29.5 Å². The summed E-state index contributed by atoms with van der Waals surface area (Å²) in [6.45, 7) is 2.05. The van der Waals surface area contributed by atoms with Gasteiger partial charge in [-0.05, 0) is 79.0 Å². The molecule has 1 aliphatic carbocycles. The van der Waals surface area contributed by atoms with Crippen molar-refractivity contribution in [2.24, 2.45) is 0 Å². The molecule has 0 bridgehead atoms. The molecule has 0 saturated heterocycles. The van der Waals surface area contributed by atoms with Crippen molar-refractivity contribution in [3.63, 3.8) is 0 Å². The van der Waals surface area contributed by atoms with Gasteiger partial charge in [0.25, 0.3) is 0 Å². The first-order valence-electron chi connectivity index (χ1n) is 9.72. The summed E-state index contributed by atoms with van der Waals surface area (Å²) >= 11 is 0. The second-order valence-corrected chi connectivity index (χ2v) is 7.47. The fourth-order valence-corrected chi connectivity index (χ4v) is 3.96. The van der Waals surface area contributed by atoms with Gasteiger partial charge in [-0.25, -0.2) is 13.2 Å². The summed E-state index contributed by atoms with van der Waals surface area (Å²) in [5.41, 5.74) is 1.51. The normalized spacial score (nSPS) is 16.6. The summed E-state index contributed by atoms with van der Waals surface area (Å²) in [6, 6.07) is 4.70. The van der Waals surface area contributed by atoms with E-state index >= 15 is 0 Å². The lowest BCUT2D eigenvalue weighted by atomic mass is 9.79. The Morgan fingerprint density at radius 1 is 0.931 bits per heavy atom. The van der Waals surface area contributed by atoms with Crippen molar-refractivity contribution in [1.29, 1.82) is 0 Å². The van der Waals surface area contributed by atoms with Crippen molar-refractivity contribution in [2.45, 2.75) is 64.1 Å². The van der Waals surface area contributed by atoms with Crippen LogP contribution in [0.25, 0.3) is 0 Å². The highest BCUT2D eigenvalue weighted by Crippen LogP contribution is 2.38. The largest absolute Gasteiger partial charge is 0.573 e. The van der Waals surface area contributed by atoms with Crippen LogP contribution in [0.2, 0.25) is 0 Å². The highest BCUT2D eigenvalue weighted by atomic mass is 19.4. The Balaban J connectivity index is 1.81. The number of alkyl halides is 3. The number of aryl methyl sites for hydroxylation is 2. The third-order valence-corrected chi connectivity index (χ3v) is 5.32. The van der Waals surface area contributed by atoms with Crippen LogP contribution >= 0.6 is 0 Å². The molecule has 1 unspecified atom stereocenters. The summed E-state index contributed by atoms with van der Waals surface area (Å²) < 4.78 is 84.2. The van der Waals surface area contributed by atoms with Gasteiger partial charge in [-0.15, -0.1) is 13.2 Å². The lowest BCUT2D eigenvalue weighted by Crippen LogP contribution is -2.20. The summed E-state index contributed by atoms with van der Waals surface area (Å²) in [5, 5.41) is 0. The molecule has 1 aliphatic rings. The zero-order chi connectivity index (χ0) is 21.2. The van der Waals surface area contributed by atoms with E-state index in [-0.39, 0.29) is 18.4 Å². The van der Waals surface area contributed by atoms with Gasteiger partial charge in [0.15, 0.2) is 11.6 Å². The minimum Gasteiger partial charge on any atom is -0.403 e. The van der Waals surface area contributed by atoms with E-state index in [1.54, 1.807) is 0 Å². The smallest absolute Gasteiger partial charge is 0.403 e. The number of benzene rings is 2. The van der Waals surface area contributed by atoms with Crippen molar-refractivity contribution in [2.75, 3.05) is 0 Å². The van der Waals surface area contributed by atoms with E-state index in [1.807, 2.05) is 6.92 Å². The van der Waals surface area contributed by atoms with Gasteiger partial charge in [-0.1, -0.05) is 19.8 Å². The van der Waals surface area contributed by atoms with Crippen LogP contribution in [0.3, 0.4) is 0 Å². The van der Waals surface area contributed by atoms with Crippen molar-refractivity contribution in [3.05, 3.63) is 64.0 Å². The van der Waals surface area contributed by atoms with Crippen LogP contribution in [0.4, 0.5) is 26.3 Å². The molecule has 0 N–H and O–H groups in total. The first-order valence-corrected chi connectivity index (χ1v) is 9.72. The van der Waals surface area contributed by atoms with Crippen LogP contribution in [0, 0.1) is 17.5 Å². The van der Waals surface area contributed by atoms with Gasteiger partial charge < -0.3 is 4.74 Å². The average Bonchev–Trinajstić information content (AvgIpc) is 2.61. The van der Waals surface area contributed by atoms with E-state index in [4.69, 9.17) is 0 Å². The van der Waals surface area contributed by atoms with E-state index in [2.05, 4.69) is 4.74 Å². The quantitative estimate of drug-likeness (QED) is 0.364. The molecule has 2 aromatic rings. The number of halogens is 6. The van der Waals surface area contributed by atoms with E-state index < -0.39 is 35.5 Å². The molecule has 2 aromatic carbocycles. The highest BCUT2D eigenvalue weighted by Gasteiger charge is 2.34. The van der Waals surface area contributed by atoms with Crippen LogP contribution in [-0.4, -0.2) is 6.36 Å². The summed E-state index contributed by atoms with van der Waals surface area (Å²) in [4.78, 5) is 0. The maximum Gasteiger partial charge on any atom is 0.573 e. The number of rotatable bonds is 6. The van der Waals surface area contributed by atoms with Gasteiger partial charge in [-0.3, -0.25) is 0 Å². The van der Waals surface area contributed by atoms with Crippen molar-refractivity contribution in [3.8, 4) is 5.75 Å². The zero-order valence-electron chi connectivity index (χ0n) is 16.0. The molecule has 1 nitrogen and oxygen atoms in total. The monoisotopic (exact) mass is 416 g/mol. The summed E-state index contributed by atoms with van der Waals surface area (Å²) in [7, 11) is 0. The Bertz CT molecular complexity index is 851. The van der Waals surface area contributed by atoms with Gasteiger partial charge in [-0.2, -0.15) is 0 Å².